The molecular weight excluding hydrogens is 364 g/mol. The summed E-state index contributed by atoms with van der Waals surface area (Å²) >= 11 is 0. The molecule has 0 aromatic heterocycles. The second-order valence-electron chi connectivity index (χ2n) is 7.99. The Morgan fingerprint density at radius 3 is 2.14 bits per heavy atom. The van der Waals surface area contributed by atoms with Crippen LogP contribution in [0.4, 0.5) is 0 Å². The first-order valence-electron chi connectivity index (χ1n) is 11.5. The van der Waals surface area contributed by atoms with Crippen molar-refractivity contribution in [1.82, 2.24) is 0 Å². The molecule has 0 unspecified atom stereocenters. The Bertz CT molecular complexity index is 485. The molecule has 0 bridgehead atoms. The number of unbranched alkanes of at least 4 members (excludes halogenated alkanes) is 5. The van der Waals surface area contributed by atoms with Crippen LogP contribution >= 0.6 is 0 Å². The molecule has 1 aliphatic rings. The zero-order valence-electron chi connectivity index (χ0n) is 18.8. The molecule has 0 aromatic rings. The Balaban J connectivity index is 1.90. The van der Waals surface area contributed by atoms with E-state index in [2.05, 4.69) is 57.2 Å². The van der Waals surface area contributed by atoms with E-state index in [9.17, 15) is 4.79 Å². The summed E-state index contributed by atoms with van der Waals surface area (Å²) < 4.78 is 16.6. The summed E-state index contributed by atoms with van der Waals surface area (Å²) in [6, 6.07) is 0. The van der Waals surface area contributed by atoms with Crippen LogP contribution in [0.2, 0.25) is 0 Å². The smallest absolute Gasteiger partial charge is 0.306 e. The van der Waals surface area contributed by atoms with Gasteiger partial charge >= 0.3 is 5.97 Å². The van der Waals surface area contributed by atoms with Gasteiger partial charge in [-0.2, -0.15) is 0 Å². The third kappa shape index (κ3) is 14.3. The topological polar surface area (TPSA) is 44.8 Å². The van der Waals surface area contributed by atoms with Crippen LogP contribution in [0.1, 0.15) is 85.0 Å². The first-order chi connectivity index (χ1) is 14.1. The number of esters is 1. The highest BCUT2D eigenvalue weighted by Gasteiger charge is 2.26. The Kier molecular flexibility index (Phi) is 15.4. The predicted octanol–water partition coefficient (Wildman–Crippen LogP) is 6.52. The van der Waals surface area contributed by atoms with E-state index in [-0.39, 0.29) is 18.4 Å². The van der Waals surface area contributed by atoms with Gasteiger partial charge in [0, 0.05) is 12.3 Å². The molecule has 166 valence electrons. The lowest BCUT2D eigenvalue weighted by Gasteiger charge is -2.31. The van der Waals surface area contributed by atoms with E-state index in [4.69, 9.17) is 14.2 Å². The number of ether oxygens (including phenoxy) is 3. The molecule has 0 saturated carbocycles. The Morgan fingerprint density at radius 2 is 1.48 bits per heavy atom. The Morgan fingerprint density at radius 1 is 0.897 bits per heavy atom. The number of rotatable bonds is 15. The van der Waals surface area contributed by atoms with Crippen molar-refractivity contribution in [2.24, 2.45) is 5.92 Å². The lowest BCUT2D eigenvalue weighted by atomic mass is 10.1. The van der Waals surface area contributed by atoms with Crippen LogP contribution in [-0.4, -0.2) is 31.6 Å². The molecule has 4 nitrogen and oxygen atoms in total. The van der Waals surface area contributed by atoms with Crippen LogP contribution in [0, 0.1) is 5.92 Å². The zero-order chi connectivity index (χ0) is 21.2. The molecule has 0 amide bonds. The molecule has 1 rings (SSSR count). The van der Waals surface area contributed by atoms with Gasteiger partial charge in [-0.15, -0.1) is 0 Å². The van der Waals surface area contributed by atoms with E-state index < -0.39 is 0 Å². The van der Waals surface area contributed by atoms with Gasteiger partial charge < -0.3 is 14.2 Å². The molecule has 0 atom stereocenters. The van der Waals surface area contributed by atoms with Gasteiger partial charge in [0.25, 0.3) is 0 Å². The molecule has 1 heterocycles. The van der Waals surface area contributed by atoms with Gasteiger partial charge in [-0.05, 0) is 38.5 Å². The molecule has 1 saturated heterocycles. The Hall–Kier alpha value is -1.39. The van der Waals surface area contributed by atoms with Crippen LogP contribution in [0.3, 0.4) is 0 Å². The van der Waals surface area contributed by atoms with E-state index in [0.717, 1.165) is 38.5 Å². The second kappa shape index (κ2) is 17.5. The van der Waals surface area contributed by atoms with Crippen molar-refractivity contribution in [3.05, 3.63) is 36.5 Å². The van der Waals surface area contributed by atoms with Gasteiger partial charge in [-0.25, -0.2) is 0 Å². The lowest BCUT2D eigenvalue weighted by Crippen LogP contribution is -2.40. The minimum Gasteiger partial charge on any atom is -0.457 e. The number of carbonyl (C=O) groups is 1. The van der Waals surface area contributed by atoms with E-state index >= 15 is 0 Å². The maximum atomic E-state index is 11.9. The highest BCUT2D eigenvalue weighted by molar-refractivity contribution is 5.69. The molecule has 0 aromatic carbocycles. The minimum atomic E-state index is -0.257. The minimum absolute atomic E-state index is 0.133. The molecule has 0 N–H and O–H groups in total. The largest absolute Gasteiger partial charge is 0.457 e. The third-order valence-electron chi connectivity index (χ3n) is 4.77. The van der Waals surface area contributed by atoms with Gasteiger partial charge in [-0.3, -0.25) is 4.79 Å². The predicted molar refractivity (Wildman–Crippen MR) is 120 cm³/mol. The van der Waals surface area contributed by atoms with Crippen LogP contribution in [0.5, 0.6) is 0 Å². The lowest BCUT2D eigenvalue weighted by molar-refractivity contribution is -0.239. The fourth-order valence-electron chi connectivity index (χ4n) is 3.09. The first-order valence-corrected chi connectivity index (χ1v) is 11.5. The van der Waals surface area contributed by atoms with Crippen LogP contribution in [-0.2, 0) is 19.0 Å². The maximum absolute atomic E-state index is 11.9. The summed E-state index contributed by atoms with van der Waals surface area (Å²) in [5, 5.41) is 0. The van der Waals surface area contributed by atoms with Crippen LogP contribution in [0.25, 0.3) is 0 Å². The van der Waals surface area contributed by atoms with E-state index in [0.29, 0.717) is 25.6 Å². The fraction of sp³-hybridized carbons (Fsp3) is 0.720. The van der Waals surface area contributed by atoms with E-state index in [1.807, 2.05) is 0 Å². The van der Waals surface area contributed by atoms with Crippen molar-refractivity contribution in [2.45, 2.75) is 97.4 Å². The Labute approximate surface area is 178 Å². The standard InChI is InChI=1S/C25H42O4/c1-4-5-6-7-8-9-10-11-12-13-14-15-16-17-18-19-24(26)29-23-20-27-25(22(2)3)28-21-23/h5-6,8-9,11-12,22-23,25H,4,7,10,13-21H2,1-3H3. The first kappa shape index (κ1) is 25.6. The average molecular weight is 407 g/mol. The van der Waals surface area contributed by atoms with Crippen molar-refractivity contribution < 1.29 is 19.0 Å². The quantitative estimate of drug-likeness (QED) is 0.176. The summed E-state index contributed by atoms with van der Waals surface area (Å²) in [6.45, 7) is 7.14. The van der Waals surface area contributed by atoms with Crippen molar-refractivity contribution in [3.8, 4) is 0 Å². The van der Waals surface area contributed by atoms with Gasteiger partial charge in [0.1, 0.15) is 6.10 Å². The van der Waals surface area contributed by atoms with Crippen LogP contribution < -0.4 is 0 Å². The summed E-state index contributed by atoms with van der Waals surface area (Å²) in [7, 11) is 0. The summed E-state index contributed by atoms with van der Waals surface area (Å²) in [6.07, 6.45) is 23.4. The van der Waals surface area contributed by atoms with Crippen molar-refractivity contribution in [3.63, 3.8) is 0 Å². The van der Waals surface area contributed by atoms with Crippen molar-refractivity contribution >= 4 is 5.97 Å². The average Bonchev–Trinajstić information content (AvgIpc) is 2.71. The number of hydrogen-bond acceptors (Lipinski definition) is 4. The summed E-state index contributed by atoms with van der Waals surface area (Å²) in [5.41, 5.74) is 0. The van der Waals surface area contributed by atoms with E-state index in [1.165, 1.54) is 19.3 Å². The molecule has 0 spiro atoms. The van der Waals surface area contributed by atoms with Crippen molar-refractivity contribution in [2.75, 3.05) is 13.2 Å². The van der Waals surface area contributed by atoms with Gasteiger partial charge in [0.05, 0.1) is 13.2 Å². The SMILES string of the molecule is CCC=CCC=CCC=CCCCCCCCC(=O)OC1COC(C(C)C)OC1. The molecular formula is C25H42O4. The number of allylic oxidation sites excluding steroid dienone is 6. The fourth-order valence-corrected chi connectivity index (χ4v) is 3.09. The normalized spacial score (nSPS) is 20.4. The number of hydrogen-bond donors (Lipinski definition) is 0. The zero-order valence-corrected chi connectivity index (χ0v) is 18.8. The molecule has 29 heavy (non-hydrogen) atoms. The van der Waals surface area contributed by atoms with Gasteiger partial charge in [-0.1, -0.05) is 76.5 Å². The monoisotopic (exact) mass is 406 g/mol. The highest BCUT2D eigenvalue weighted by atomic mass is 16.7. The third-order valence-corrected chi connectivity index (χ3v) is 4.77. The molecule has 4 heteroatoms. The molecule has 0 radical (unpaired) electrons. The van der Waals surface area contributed by atoms with E-state index in [1.54, 1.807) is 0 Å². The summed E-state index contributed by atoms with van der Waals surface area (Å²) in [4.78, 5) is 11.9. The molecule has 1 aliphatic heterocycles. The second-order valence-corrected chi connectivity index (χ2v) is 7.99. The van der Waals surface area contributed by atoms with Gasteiger partial charge in [0.15, 0.2) is 6.29 Å². The summed E-state index contributed by atoms with van der Waals surface area (Å²) in [5.74, 6) is 0.184. The van der Waals surface area contributed by atoms with Crippen molar-refractivity contribution in [1.29, 1.82) is 0 Å². The molecule has 0 aliphatic carbocycles. The van der Waals surface area contributed by atoms with Crippen LogP contribution in [0.15, 0.2) is 36.5 Å². The maximum Gasteiger partial charge on any atom is 0.306 e. The van der Waals surface area contributed by atoms with Gasteiger partial charge in [0.2, 0.25) is 0 Å². The molecule has 1 fully saturated rings. The highest BCUT2D eigenvalue weighted by Crippen LogP contribution is 2.16. The number of carbonyl (C=O) groups excluding carboxylic acids is 1.